The minimum Gasteiger partial charge on any atom is -0.406 e. The minimum absolute atomic E-state index is 0.359. The van der Waals surface area contributed by atoms with E-state index in [2.05, 4.69) is 9.72 Å². The van der Waals surface area contributed by atoms with Gasteiger partial charge in [-0.1, -0.05) is 48.5 Å². The van der Waals surface area contributed by atoms with Crippen molar-refractivity contribution < 1.29 is 26.7 Å². The normalized spacial score (nSPS) is 12.3. The van der Waals surface area contributed by atoms with Crippen molar-refractivity contribution in [3.63, 3.8) is 0 Å². The van der Waals surface area contributed by atoms with Gasteiger partial charge in [-0.3, -0.25) is 4.40 Å². The van der Waals surface area contributed by atoms with E-state index in [9.17, 15) is 22.0 Å². The second-order valence-electron chi connectivity index (χ2n) is 6.78. The number of ether oxygens (including phenoxy) is 1. The van der Waals surface area contributed by atoms with Gasteiger partial charge in [0.25, 0.3) is 0 Å². The molecular formula is C22H15F5N2O. The van der Waals surface area contributed by atoms with Crippen molar-refractivity contribution in [3.05, 3.63) is 78.8 Å². The molecule has 0 saturated carbocycles. The Labute approximate surface area is 168 Å². The van der Waals surface area contributed by atoms with Crippen LogP contribution in [0.5, 0.6) is 5.75 Å². The molecule has 30 heavy (non-hydrogen) atoms. The van der Waals surface area contributed by atoms with Gasteiger partial charge in [-0.15, -0.1) is 13.2 Å². The second-order valence-corrected chi connectivity index (χ2v) is 6.78. The van der Waals surface area contributed by atoms with Crippen molar-refractivity contribution in [1.29, 1.82) is 0 Å². The minimum atomic E-state index is -4.79. The Morgan fingerprint density at radius 1 is 0.767 bits per heavy atom. The monoisotopic (exact) mass is 418 g/mol. The van der Waals surface area contributed by atoms with Gasteiger partial charge in [-0.25, -0.2) is 4.98 Å². The van der Waals surface area contributed by atoms with Crippen LogP contribution in [-0.2, 0) is 5.92 Å². The molecule has 2 aromatic heterocycles. The first-order valence-corrected chi connectivity index (χ1v) is 8.94. The van der Waals surface area contributed by atoms with Crippen LogP contribution in [0, 0.1) is 0 Å². The number of hydrogen-bond donors (Lipinski definition) is 0. The van der Waals surface area contributed by atoms with Gasteiger partial charge in [0.2, 0.25) is 0 Å². The lowest BCUT2D eigenvalue weighted by molar-refractivity contribution is -0.274. The molecule has 0 fully saturated rings. The quantitative estimate of drug-likeness (QED) is 0.346. The molecule has 0 aliphatic heterocycles. The Kier molecular flexibility index (Phi) is 4.72. The SMILES string of the molecule is CC(F)(F)c1nc(-c2ccccc2)c2ccc(-c3ccc(OC(F)(F)F)cc3)cn12. The Bertz CT molecular complexity index is 1180. The molecule has 2 heterocycles. The number of imidazole rings is 1. The predicted molar refractivity (Wildman–Crippen MR) is 102 cm³/mol. The molecular weight excluding hydrogens is 403 g/mol. The van der Waals surface area contributed by atoms with Crippen molar-refractivity contribution in [2.24, 2.45) is 0 Å². The number of benzene rings is 2. The Morgan fingerprint density at radius 3 is 2.00 bits per heavy atom. The maximum absolute atomic E-state index is 14.3. The second kappa shape index (κ2) is 7.12. The van der Waals surface area contributed by atoms with Gasteiger partial charge in [-0.05, 0) is 29.3 Å². The van der Waals surface area contributed by atoms with Crippen LogP contribution in [0.2, 0.25) is 0 Å². The molecule has 0 unspecified atom stereocenters. The van der Waals surface area contributed by atoms with Crippen LogP contribution in [-0.4, -0.2) is 15.7 Å². The van der Waals surface area contributed by atoms with E-state index >= 15 is 0 Å². The van der Waals surface area contributed by atoms with Gasteiger partial charge in [0, 0.05) is 18.7 Å². The number of fused-ring (bicyclic) bond motifs is 1. The highest BCUT2D eigenvalue weighted by Crippen LogP contribution is 2.34. The summed E-state index contributed by atoms with van der Waals surface area (Å²) in [6, 6.07) is 17.6. The molecule has 0 saturated heterocycles. The van der Waals surface area contributed by atoms with Gasteiger partial charge in [0.05, 0.1) is 11.2 Å². The molecule has 2 aromatic carbocycles. The van der Waals surface area contributed by atoms with Crippen molar-refractivity contribution in [2.45, 2.75) is 19.2 Å². The largest absolute Gasteiger partial charge is 0.573 e. The fraction of sp³-hybridized carbons (Fsp3) is 0.136. The van der Waals surface area contributed by atoms with Crippen LogP contribution in [0.4, 0.5) is 22.0 Å². The van der Waals surface area contributed by atoms with Crippen LogP contribution < -0.4 is 4.74 Å². The Balaban J connectivity index is 1.80. The number of hydrogen-bond acceptors (Lipinski definition) is 2. The summed E-state index contributed by atoms with van der Waals surface area (Å²) in [4.78, 5) is 4.19. The van der Waals surface area contributed by atoms with Crippen molar-refractivity contribution >= 4 is 5.52 Å². The molecule has 0 aliphatic rings. The van der Waals surface area contributed by atoms with Crippen LogP contribution >= 0.6 is 0 Å². The van der Waals surface area contributed by atoms with Gasteiger partial charge in [0.15, 0.2) is 5.82 Å². The maximum Gasteiger partial charge on any atom is 0.573 e. The predicted octanol–water partition coefficient (Wildman–Crippen LogP) is 6.68. The highest BCUT2D eigenvalue weighted by molar-refractivity contribution is 5.79. The molecule has 0 atom stereocenters. The average Bonchev–Trinajstić information content (AvgIpc) is 3.07. The van der Waals surface area contributed by atoms with E-state index in [1.165, 1.54) is 34.9 Å². The lowest BCUT2D eigenvalue weighted by atomic mass is 10.1. The molecule has 0 spiro atoms. The van der Waals surface area contributed by atoms with Crippen molar-refractivity contribution in [2.75, 3.05) is 0 Å². The van der Waals surface area contributed by atoms with Crippen molar-refractivity contribution in [3.8, 4) is 28.1 Å². The zero-order chi connectivity index (χ0) is 21.5. The topological polar surface area (TPSA) is 26.5 Å². The lowest BCUT2D eigenvalue weighted by Crippen LogP contribution is -2.16. The van der Waals surface area contributed by atoms with E-state index in [4.69, 9.17) is 0 Å². The summed E-state index contributed by atoms with van der Waals surface area (Å²) in [5.74, 6) is -3.98. The van der Waals surface area contributed by atoms with E-state index in [-0.39, 0.29) is 5.75 Å². The number of aromatic nitrogens is 2. The number of nitrogens with zero attached hydrogens (tertiary/aromatic N) is 2. The van der Waals surface area contributed by atoms with Crippen LogP contribution in [0.25, 0.3) is 27.9 Å². The van der Waals surface area contributed by atoms with E-state index < -0.39 is 18.1 Å². The standard InChI is InChI=1S/C22H15F5N2O/c1-21(23,24)20-28-19(15-5-3-2-4-6-15)18-12-9-16(13-29(18)20)14-7-10-17(11-8-14)30-22(25,26)27/h2-13H,1H3. The van der Waals surface area contributed by atoms with Crippen LogP contribution in [0.15, 0.2) is 72.9 Å². The van der Waals surface area contributed by atoms with Crippen LogP contribution in [0.3, 0.4) is 0 Å². The van der Waals surface area contributed by atoms with Gasteiger partial charge < -0.3 is 4.74 Å². The fourth-order valence-electron chi connectivity index (χ4n) is 3.22. The third-order valence-electron chi connectivity index (χ3n) is 4.50. The summed E-state index contributed by atoms with van der Waals surface area (Å²) in [6.45, 7) is 0.770. The Morgan fingerprint density at radius 2 is 1.40 bits per heavy atom. The molecule has 4 rings (SSSR count). The smallest absolute Gasteiger partial charge is 0.406 e. The molecule has 0 aliphatic carbocycles. The van der Waals surface area contributed by atoms with E-state index in [0.717, 1.165) is 6.92 Å². The van der Waals surface area contributed by atoms with Gasteiger partial charge in [-0.2, -0.15) is 8.78 Å². The molecule has 0 radical (unpaired) electrons. The van der Waals surface area contributed by atoms with E-state index in [1.807, 2.05) is 6.07 Å². The molecule has 8 heteroatoms. The summed E-state index contributed by atoms with van der Waals surface area (Å²) in [5.41, 5.74) is 2.72. The third-order valence-corrected chi connectivity index (χ3v) is 4.50. The zero-order valence-corrected chi connectivity index (χ0v) is 15.6. The van der Waals surface area contributed by atoms with Crippen LogP contribution in [0.1, 0.15) is 12.7 Å². The molecule has 4 aromatic rings. The fourth-order valence-corrected chi connectivity index (χ4v) is 3.22. The number of pyridine rings is 1. The molecule has 0 N–H and O–H groups in total. The van der Waals surface area contributed by atoms with E-state index in [1.54, 1.807) is 36.4 Å². The van der Waals surface area contributed by atoms with Gasteiger partial charge >= 0.3 is 12.3 Å². The average molecular weight is 418 g/mol. The highest BCUT2D eigenvalue weighted by atomic mass is 19.4. The number of rotatable bonds is 4. The molecule has 3 nitrogen and oxygen atoms in total. The first-order valence-electron chi connectivity index (χ1n) is 8.94. The van der Waals surface area contributed by atoms with E-state index in [0.29, 0.717) is 27.9 Å². The molecule has 0 amide bonds. The molecule has 0 bridgehead atoms. The summed E-state index contributed by atoms with van der Waals surface area (Å²) >= 11 is 0. The van der Waals surface area contributed by atoms with Crippen molar-refractivity contribution in [1.82, 2.24) is 9.38 Å². The Hall–Kier alpha value is -3.42. The van der Waals surface area contributed by atoms with Gasteiger partial charge in [0.1, 0.15) is 5.75 Å². The third kappa shape index (κ3) is 3.98. The summed E-state index contributed by atoms with van der Waals surface area (Å²) < 4.78 is 70.7. The highest BCUT2D eigenvalue weighted by Gasteiger charge is 2.32. The summed E-state index contributed by atoms with van der Waals surface area (Å²) in [7, 11) is 0. The zero-order valence-electron chi connectivity index (χ0n) is 15.6. The first-order chi connectivity index (χ1) is 14.1. The number of halogens is 5. The first kappa shape index (κ1) is 19.9. The summed E-state index contributed by atoms with van der Waals surface area (Å²) in [5, 5.41) is 0. The maximum atomic E-state index is 14.3. The lowest BCUT2D eigenvalue weighted by Gasteiger charge is -2.11. The summed E-state index contributed by atoms with van der Waals surface area (Å²) in [6.07, 6.45) is -3.28. The molecule has 154 valence electrons. The number of alkyl halides is 5.